The molecule has 1 aromatic heterocycles. The number of nitrogens with zero attached hydrogens (tertiary/aromatic N) is 2. The fraction of sp³-hybridized carbons (Fsp3) is 0.200. The standard InChI is InChI=1S/C20H16F3N3O4/c21-11-1-3-12(4-2-11)26-10-14(20(28)29)19(27)13-9-15(22)17(16(23)18(13)26)24-25-5-7-30-8-6-25/h1-4,9-10,24H,5-8H2,(H,28,29). The number of aromatic nitrogens is 1. The second-order valence-corrected chi connectivity index (χ2v) is 6.68. The molecule has 0 spiro atoms. The highest BCUT2D eigenvalue weighted by Crippen LogP contribution is 2.29. The van der Waals surface area contributed by atoms with E-state index in [0.29, 0.717) is 26.3 Å². The van der Waals surface area contributed by atoms with Gasteiger partial charge in [-0.1, -0.05) is 0 Å². The van der Waals surface area contributed by atoms with Crippen LogP contribution in [-0.4, -0.2) is 47.0 Å². The van der Waals surface area contributed by atoms with Gasteiger partial charge < -0.3 is 19.8 Å². The number of pyridine rings is 1. The largest absolute Gasteiger partial charge is 0.477 e. The molecule has 7 nitrogen and oxygen atoms in total. The second kappa shape index (κ2) is 7.81. The van der Waals surface area contributed by atoms with Crippen molar-refractivity contribution in [3.05, 3.63) is 69.8 Å². The number of morpholine rings is 1. The normalized spacial score (nSPS) is 14.8. The number of nitrogens with one attached hydrogen (secondary N) is 1. The summed E-state index contributed by atoms with van der Waals surface area (Å²) in [5, 5.41) is 10.5. The SMILES string of the molecule is O=C(O)c1cn(-c2ccc(F)cc2)c2c(F)c(NN3CCOCC3)c(F)cc2c1=O. The molecule has 2 N–H and O–H groups in total. The van der Waals surface area contributed by atoms with Crippen molar-refractivity contribution in [2.45, 2.75) is 0 Å². The Bertz CT molecular complexity index is 1190. The number of hydrazine groups is 1. The zero-order valence-electron chi connectivity index (χ0n) is 15.5. The first-order valence-electron chi connectivity index (χ1n) is 9.03. The number of benzene rings is 2. The van der Waals surface area contributed by atoms with Gasteiger partial charge in [0.2, 0.25) is 5.43 Å². The van der Waals surface area contributed by atoms with Crippen molar-refractivity contribution < 1.29 is 27.8 Å². The number of anilines is 1. The number of carboxylic acids is 1. The van der Waals surface area contributed by atoms with Gasteiger partial charge in [0.15, 0.2) is 11.6 Å². The van der Waals surface area contributed by atoms with Crippen molar-refractivity contribution in [2.75, 3.05) is 31.7 Å². The molecule has 1 fully saturated rings. The highest BCUT2D eigenvalue weighted by molar-refractivity contribution is 5.94. The van der Waals surface area contributed by atoms with Gasteiger partial charge in [0.05, 0.1) is 24.1 Å². The van der Waals surface area contributed by atoms with Crippen molar-refractivity contribution in [3.63, 3.8) is 0 Å². The summed E-state index contributed by atoms with van der Waals surface area (Å²) in [6.45, 7) is 1.54. The Morgan fingerprint density at radius 3 is 2.40 bits per heavy atom. The van der Waals surface area contributed by atoms with Crippen LogP contribution in [0.1, 0.15) is 10.4 Å². The highest BCUT2D eigenvalue weighted by atomic mass is 19.1. The fourth-order valence-electron chi connectivity index (χ4n) is 3.31. The van der Waals surface area contributed by atoms with E-state index in [1.54, 1.807) is 5.01 Å². The second-order valence-electron chi connectivity index (χ2n) is 6.68. The quantitative estimate of drug-likeness (QED) is 0.677. The van der Waals surface area contributed by atoms with Gasteiger partial charge in [0.25, 0.3) is 0 Å². The molecule has 10 heteroatoms. The van der Waals surface area contributed by atoms with Crippen molar-refractivity contribution in [1.29, 1.82) is 0 Å². The average Bonchev–Trinajstić information content (AvgIpc) is 2.73. The Balaban J connectivity index is 1.98. The molecule has 1 aliphatic rings. The maximum atomic E-state index is 15.5. The summed E-state index contributed by atoms with van der Waals surface area (Å²) >= 11 is 0. The number of hydrogen-bond donors (Lipinski definition) is 2. The van der Waals surface area contributed by atoms with Crippen LogP contribution in [-0.2, 0) is 4.74 Å². The van der Waals surface area contributed by atoms with Crippen LogP contribution < -0.4 is 10.9 Å². The van der Waals surface area contributed by atoms with E-state index in [9.17, 15) is 23.5 Å². The van der Waals surface area contributed by atoms with Crippen molar-refractivity contribution in [3.8, 4) is 5.69 Å². The van der Waals surface area contributed by atoms with E-state index in [2.05, 4.69) is 5.43 Å². The number of carbonyl (C=O) groups is 1. The third-order valence-corrected chi connectivity index (χ3v) is 4.80. The number of aromatic carboxylic acids is 1. The predicted molar refractivity (Wildman–Crippen MR) is 102 cm³/mol. The van der Waals surface area contributed by atoms with Crippen molar-refractivity contribution >= 4 is 22.6 Å². The van der Waals surface area contributed by atoms with Gasteiger partial charge in [-0.05, 0) is 30.3 Å². The van der Waals surface area contributed by atoms with E-state index in [4.69, 9.17) is 4.74 Å². The minimum absolute atomic E-state index is 0.201. The van der Waals surface area contributed by atoms with Gasteiger partial charge in [-0.25, -0.2) is 23.0 Å². The summed E-state index contributed by atoms with van der Waals surface area (Å²) in [6.07, 6.45) is 0.944. The molecule has 3 aromatic rings. The summed E-state index contributed by atoms with van der Waals surface area (Å²) in [4.78, 5) is 24.1. The van der Waals surface area contributed by atoms with E-state index in [0.717, 1.165) is 29.0 Å². The summed E-state index contributed by atoms with van der Waals surface area (Å²) in [5.41, 5.74) is 0.369. The summed E-state index contributed by atoms with van der Waals surface area (Å²) in [6, 6.07) is 5.60. The van der Waals surface area contributed by atoms with E-state index in [1.165, 1.54) is 12.1 Å². The van der Waals surface area contributed by atoms with Gasteiger partial charge in [-0.3, -0.25) is 4.79 Å². The van der Waals surface area contributed by atoms with Gasteiger partial charge in [0.1, 0.15) is 17.1 Å². The van der Waals surface area contributed by atoms with E-state index < -0.39 is 45.5 Å². The van der Waals surface area contributed by atoms with E-state index in [1.807, 2.05) is 0 Å². The van der Waals surface area contributed by atoms with Crippen LogP contribution >= 0.6 is 0 Å². The van der Waals surface area contributed by atoms with Gasteiger partial charge >= 0.3 is 5.97 Å². The molecule has 0 aliphatic carbocycles. The molecule has 1 saturated heterocycles. The molecule has 2 aromatic carbocycles. The van der Waals surface area contributed by atoms with Crippen molar-refractivity contribution in [1.82, 2.24) is 9.58 Å². The lowest BCUT2D eigenvalue weighted by molar-refractivity contribution is 0.0493. The minimum Gasteiger partial charge on any atom is -0.477 e. The fourth-order valence-corrected chi connectivity index (χ4v) is 3.31. The molecular weight excluding hydrogens is 403 g/mol. The molecule has 0 radical (unpaired) electrons. The number of ether oxygens (including phenoxy) is 1. The van der Waals surface area contributed by atoms with Gasteiger partial charge in [-0.2, -0.15) is 0 Å². The van der Waals surface area contributed by atoms with Crippen LogP contribution in [0.15, 0.2) is 41.3 Å². The number of rotatable bonds is 4. The molecule has 156 valence electrons. The molecule has 0 unspecified atom stereocenters. The lowest BCUT2D eigenvalue weighted by atomic mass is 10.1. The van der Waals surface area contributed by atoms with Gasteiger partial charge in [0, 0.05) is 25.0 Å². The topological polar surface area (TPSA) is 83.8 Å². The Labute approximate surface area is 167 Å². The summed E-state index contributed by atoms with van der Waals surface area (Å²) in [5.74, 6) is -4.22. The van der Waals surface area contributed by atoms with E-state index in [-0.39, 0.29) is 11.2 Å². The first-order valence-corrected chi connectivity index (χ1v) is 9.03. The third-order valence-electron chi connectivity index (χ3n) is 4.80. The first kappa shape index (κ1) is 19.9. The third kappa shape index (κ3) is 3.51. The molecule has 0 saturated carbocycles. The highest BCUT2D eigenvalue weighted by Gasteiger charge is 2.24. The Morgan fingerprint density at radius 2 is 1.77 bits per heavy atom. The molecule has 2 heterocycles. The lowest BCUT2D eigenvalue weighted by Crippen LogP contribution is -2.40. The van der Waals surface area contributed by atoms with Crippen LogP contribution in [0.3, 0.4) is 0 Å². The molecule has 30 heavy (non-hydrogen) atoms. The van der Waals surface area contributed by atoms with Crippen LogP contribution in [0, 0.1) is 17.5 Å². The summed E-state index contributed by atoms with van der Waals surface area (Å²) in [7, 11) is 0. The molecule has 4 rings (SSSR count). The van der Waals surface area contributed by atoms with E-state index >= 15 is 4.39 Å². The van der Waals surface area contributed by atoms with Crippen LogP contribution in [0.4, 0.5) is 18.9 Å². The molecule has 0 atom stereocenters. The predicted octanol–water partition coefficient (Wildman–Crippen LogP) is 2.77. The van der Waals surface area contributed by atoms with Crippen LogP contribution in [0.2, 0.25) is 0 Å². The number of hydrogen-bond acceptors (Lipinski definition) is 5. The number of halogens is 3. The minimum atomic E-state index is -1.55. The Morgan fingerprint density at radius 1 is 1.10 bits per heavy atom. The Hall–Kier alpha value is -3.37. The molecule has 0 bridgehead atoms. The zero-order chi connectivity index (χ0) is 21.4. The smallest absolute Gasteiger partial charge is 0.341 e. The maximum absolute atomic E-state index is 15.5. The maximum Gasteiger partial charge on any atom is 0.341 e. The van der Waals surface area contributed by atoms with Crippen molar-refractivity contribution in [2.24, 2.45) is 0 Å². The first-order chi connectivity index (χ1) is 14.4. The monoisotopic (exact) mass is 419 g/mol. The number of carboxylic acid groups (broad SMARTS) is 1. The van der Waals surface area contributed by atoms with Crippen LogP contribution in [0.25, 0.3) is 16.6 Å². The molecule has 0 amide bonds. The van der Waals surface area contributed by atoms with Gasteiger partial charge in [-0.15, -0.1) is 0 Å². The average molecular weight is 419 g/mol. The molecule has 1 aliphatic heterocycles. The Kier molecular flexibility index (Phi) is 5.18. The number of fused-ring (bicyclic) bond motifs is 1. The van der Waals surface area contributed by atoms with Crippen LogP contribution in [0.5, 0.6) is 0 Å². The zero-order valence-corrected chi connectivity index (χ0v) is 15.5. The molecular formula is C20H16F3N3O4. The lowest BCUT2D eigenvalue weighted by Gasteiger charge is -2.28. The summed E-state index contributed by atoms with van der Waals surface area (Å²) < 4.78 is 49.9.